The Balaban J connectivity index is 1.70. The van der Waals surface area contributed by atoms with Crippen LogP contribution >= 0.6 is 11.3 Å². The number of benzene rings is 2. The smallest absolute Gasteiger partial charge is 0.0633 e. The summed E-state index contributed by atoms with van der Waals surface area (Å²) in [6.07, 6.45) is 3.86. The van der Waals surface area contributed by atoms with E-state index in [0.717, 1.165) is 21.1 Å². The van der Waals surface area contributed by atoms with Gasteiger partial charge in [-0.15, -0.1) is 11.3 Å². The van der Waals surface area contributed by atoms with Crippen LogP contribution < -0.4 is 0 Å². The zero-order valence-corrected chi connectivity index (χ0v) is 17.2. The summed E-state index contributed by atoms with van der Waals surface area (Å²) in [7, 11) is 0. The van der Waals surface area contributed by atoms with Crippen molar-refractivity contribution in [2.45, 2.75) is 39.5 Å². The van der Waals surface area contributed by atoms with Crippen LogP contribution in [0.25, 0.3) is 0 Å². The Labute approximate surface area is 166 Å². The SMILES string of the molecule is CC(C)c1cccc(N=Cc2ccc(C=Nc3cccc(C(C)C)c3)s2)c1. The lowest BCUT2D eigenvalue weighted by atomic mass is 10.0. The Morgan fingerprint density at radius 3 is 1.52 bits per heavy atom. The monoisotopic (exact) mass is 374 g/mol. The summed E-state index contributed by atoms with van der Waals surface area (Å²) in [6.45, 7) is 8.80. The van der Waals surface area contributed by atoms with Crippen LogP contribution in [0.3, 0.4) is 0 Å². The van der Waals surface area contributed by atoms with Gasteiger partial charge in [-0.25, -0.2) is 0 Å². The molecule has 0 N–H and O–H groups in total. The molecule has 0 atom stereocenters. The number of aliphatic imine (C=N–C) groups is 2. The quantitative estimate of drug-likeness (QED) is 0.399. The first-order valence-corrected chi connectivity index (χ1v) is 10.2. The molecule has 0 spiro atoms. The van der Waals surface area contributed by atoms with E-state index in [0.29, 0.717) is 11.8 Å². The molecule has 138 valence electrons. The minimum Gasteiger partial charge on any atom is -0.255 e. The number of hydrogen-bond acceptors (Lipinski definition) is 3. The first-order valence-electron chi connectivity index (χ1n) is 9.39. The van der Waals surface area contributed by atoms with Crippen molar-refractivity contribution in [1.82, 2.24) is 0 Å². The molecule has 0 radical (unpaired) electrons. The molecule has 3 aromatic rings. The standard InChI is InChI=1S/C24H26N2S/c1-17(2)19-7-5-9-21(13-19)25-15-23-11-12-24(27-23)16-26-22-10-6-8-20(14-22)18(3)4/h5-18H,1-4H3. The fourth-order valence-corrected chi connectivity index (χ4v) is 3.47. The molecule has 3 heteroatoms. The van der Waals surface area contributed by atoms with Crippen molar-refractivity contribution in [3.63, 3.8) is 0 Å². The second-order valence-corrected chi connectivity index (χ2v) is 8.40. The Morgan fingerprint density at radius 2 is 1.11 bits per heavy atom. The molecule has 27 heavy (non-hydrogen) atoms. The molecule has 0 saturated heterocycles. The van der Waals surface area contributed by atoms with Gasteiger partial charge in [-0.3, -0.25) is 9.98 Å². The van der Waals surface area contributed by atoms with E-state index >= 15 is 0 Å². The van der Waals surface area contributed by atoms with Crippen molar-refractivity contribution in [2.24, 2.45) is 9.98 Å². The summed E-state index contributed by atoms with van der Waals surface area (Å²) in [5.41, 5.74) is 4.62. The second kappa shape index (κ2) is 8.92. The maximum absolute atomic E-state index is 4.62. The fourth-order valence-electron chi connectivity index (χ4n) is 2.71. The largest absolute Gasteiger partial charge is 0.255 e. The van der Waals surface area contributed by atoms with Gasteiger partial charge in [-0.05, 0) is 59.4 Å². The van der Waals surface area contributed by atoms with Gasteiger partial charge in [-0.2, -0.15) is 0 Å². The third-order valence-electron chi connectivity index (χ3n) is 4.40. The zero-order valence-electron chi connectivity index (χ0n) is 16.4. The van der Waals surface area contributed by atoms with Crippen LogP contribution in [-0.4, -0.2) is 12.4 Å². The van der Waals surface area contributed by atoms with E-state index in [-0.39, 0.29) is 0 Å². The van der Waals surface area contributed by atoms with Crippen molar-refractivity contribution >= 4 is 35.1 Å². The molecule has 0 aliphatic heterocycles. The fraction of sp³-hybridized carbons (Fsp3) is 0.250. The highest BCUT2D eigenvalue weighted by molar-refractivity contribution is 7.15. The van der Waals surface area contributed by atoms with Crippen molar-refractivity contribution in [2.75, 3.05) is 0 Å². The normalized spacial score (nSPS) is 12.1. The topological polar surface area (TPSA) is 24.7 Å². The molecule has 0 saturated carbocycles. The minimum atomic E-state index is 0.513. The average Bonchev–Trinajstić information content (AvgIpc) is 3.13. The summed E-state index contributed by atoms with van der Waals surface area (Å²) in [6, 6.07) is 21.0. The van der Waals surface area contributed by atoms with Crippen LogP contribution in [0.5, 0.6) is 0 Å². The molecule has 2 aromatic carbocycles. The van der Waals surface area contributed by atoms with Crippen LogP contribution in [0.15, 0.2) is 70.6 Å². The highest BCUT2D eigenvalue weighted by Crippen LogP contribution is 2.23. The van der Waals surface area contributed by atoms with Crippen molar-refractivity contribution in [3.05, 3.63) is 81.5 Å². The molecule has 0 aliphatic rings. The highest BCUT2D eigenvalue weighted by atomic mass is 32.1. The number of hydrogen-bond donors (Lipinski definition) is 0. The summed E-state index contributed by atoms with van der Waals surface area (Å²) in [5.74, 6) is 1.03. The Hall–Kier alpha value is -2.52. The van der Waals surface area contributed by atoms with Gasteiger partial charge >= 0.3 is 0 Å². The van der Waals surface area contributed by atoms with Gasteiger partial charge in [-0.1, -0.05) is 52.0 Å². The molecule has 2 nitrogen and oxygen atoms in total. The molecular weight excluding hydrogens is 348 g/mol. The van der Waals surface area contributed by atoms with Crippen LogP contribution in [0.4, 0.5) is 11.4 Å². The van der Waals surface area contributed by atoms with Crippen LogP contribution in [0.2, 0.25) is 0 Å². The minimum absolute atomic E-state index is 0.513. The summed E-state index contributed by atoms with van der Waals surface area (Å²) >= 11 is 1.69. The van der Waals surface area contributed by atoms with E-state index in [1.165, 1.54) is 11.1 Å². The summed E-state index contributed by atoms with van der Waals surface area (Å²) in [4.78, 5) is 11.5. The van der Waals surface area contributed by atoms with E-state index in [1.54, 1.807) is 11.3 Å². The molecule has 0 fully saturated rings. The lowest BCUT2D eigenvalue weighted by Gasteiger charge is -2.05. The van der Waals surface area contributed by atoms with Crippen LogP contribution in [0, 0.1) is 0 Å². The van der Waals surface area contributed by atoms with E-state index in [1.807, 2.05) is 24.6 Å². The Bertz CT molecular complexity index is 872. The van der Waals surface area contributed by atoms with Crippen LogP contribution in [0.1, 0.15) is 60.4 Å². The number of thiophene rings is 1. The maximum Gasteiger partial charge on any atom is 0.0633 e. The molecule has 3 rings (SSSR count). The number of nitrogens with zero attached hydrogens (tertiary/aromatic N) is 2. The Morgan fingerprint density at radius 1 is 0.667 bits per heavy atom. The van der Waals surface area contributed by atoms with Gasteiger partial charge in [0.05, 0.1) is 11.4 Å². The zero-order chi connectivity index (χ0) is 19.2. The van der Waals surface area contributed by atoms with E-state index in [2.05, 4.69) is 86.2 Å². The van der Waals surface area contributed by atoms with Gasteiger partial charge in [0.15, 0.2) is 0 Å². The van der Waals surface area contributed by atoms with Gasteiger partial charge in [0.1, 0.15) is 0 Å². The first kappa shape index (κ1) is 19.2. The van der Waals surface area contributed by atoms with E-state index < -0.39 is 0 Å². The molecule has 1 aromatic heterocycles. The third kappa shape index (κ3) is 5.48. The van der Waals surface area contributed by atoms with E-state index in [9.17, 15) is 0 Å². The molecule has 0 aliphatic carbocycles. The molecule has 0 unspecified atom stereocenters. The van der Waals surface area contributed by atoms with Crippen molar-refractivity contribution in [1.29, 1.82) is 0 Å². The summed E-state index contributed by atoms with van der Waals surface area (Å²) < 4.78 is 0. The van der Waals surface area contributed by atoms with Crippen molar-refractivity contribution < 1.29 is 0 Å². The van der Waals surface area contributed by atoms with Crippen molar-refractivity contribution in [3.8, 4) is 0 Å². The van der Waals surface area contributed by atoms with Gasteiger partial charge in [0.2, 0.25) is 0 Å². The Kier molecular flexibility index (Phi) is 6.36. The summed E-state index contributed by atoms with van der Waals surface area (Å²) in [5, 5.41) is 0. The average molecular weight is 375 g/mol. The van der Waals surface area contributed by atoms with Crippen LogP contribution in [-0.2, 0) is 0 Å². The van der Waals surface area contributed by atoms with Gasteiger partial charge < -0.3 is 0 Å². The molecule has 0 bridgehead atoms. The lowest BCUT2D eigenvalue weighted by molar-refractivity contribution is 0.867. The number of rotatable bonds is 6. The van der Waals surface area contributed by atoms with E-state index in [4.69, 9.17) is 0 Å². The predicted octanol–water partition coefficient (Wildman–Crippen LogP) is 7.50. The third-order valence-corrected chi connectivity index (χ3v) is 5.36. The molecule has 1 heterocycles. The maximum atomic E-state index is 4.62. The first-order chi connectivity index (χ1) is 13.0. The predicted molar refractivity (Wildman–Crippen MR) is 120 cm³/mol. The molecular formula is C24H26N2S. The van der Waals surface area contributed by atoms with Gasteiger partial charge in [0.25, 0.3) is 0 Å². The molecule has 0 amide bonds. The second-order valence-electron chi connectivity index (χ2n) is 7.26. The highest BCUT2D eigenvalue weighted by Gasteiger charge is 2.01. The lowest BCUT2D eigenvalue weighted by Crippen LogP contribution is -1.85. The van der Waals surface area contributed by atoms with Gasteiger partial charge in [0, 0.05) is 22.2 Å².